The fraction of sp³-hybridized carbons (Fsp3) is 0.417. The van der Waals surface area contributed by atoms with Crippen molar-refractivity contribution in [3.05, 3.63) is 59.9 Å². The molecule has 31 heavy (non-hydrogen) atoms. The van der Waals surface area contributed by atoms with E-state index >= 15 is 0 Å². The topological polar surface area (TPSA) is 56.6 Å². The number of aromatic nitrogens is 2. The highest BCUT2D eigenvalue weighted by molar-refractivity contribution is 5.76. The Morgan fingerprint density at radius 1 is 1.19 bits per heavy atom. The fourth-order valence-electron chi connectivity index (χ4n) is 3.79. The number of hydrogen-bond acceptors (Lipinski definition) is 4. The molecule has 6 nitrogen and oxygen atoms in total. The van der Waals surface area contributed by atoms with Crippen LogP contribution in [0, 0.1) is 5.82 Å². The Balaban J connectivity index is 1.56. The number of carbonyl (C=O) groups excluding carboxylic acids is 1. The van der Waals surface area contributed by atoms with Gasteiger partial charge >= 0.3 is 6.09 Å². The van der Waals surface area contributed by atoms with E-state index in [9.17, 15) is 9.18 Å². The van der Waals surface area contributed by atoms with E-state index in [1.807, 2.05) is 55.7 Å². The minimum absolute atomic E-state index is 0.190. The van der Waals surface area contributed by atoms with Gasteiger partial charge in [-0.1, -0.05) is 24.3 Å². The highest BCUT2D eigenvalue weighted by atomic mass is 19.1. The van der Waals surface area contributed by atoms with Gasteiger partial charge < -0.3 is 14.4 Å². The molecule has 0 N–H and O–H groups in total. The third-order valence-electron chi connectivity index (χ3n) is 5.15. The van der Waals surface area contributed by atoms with E-state index in [0.717, 1.165) is 29.4 Å². The van der Waals surface area contributed by atoms with E-state index in [0.29, 0.717) is 25.6 Å². The van der Waals surface area contributed by atoms with E-state index in [-0.39, 0.29) is 18.0 Å². The smallest absolute Gasteiger partial charge is 0.410 e. The number of benzene rings is 2. The molecule has 2 heterocycles. The molecule has 1 aliphatic rings. The summed E-state index contributed by atoms with van der Waals surface area (Å²) in [6.07, 6.45) is 1.13. The van der Waals surface area contributed by atoms with Crippen molar-refractivity contribution in [3.63, 3.8) is 0 Å². The van der Waals surface area contributed by atoms with E-state index in [1.54, 1.807) is 11.0 Å². The van der Waals surface area contributed by atoms with Crippen LogP contribution < -0.4 is 4.74 Å². The summed E-state index contributed by atoms with van der Waals surface area (Å²) >= 11 is 0. The van der Waals surface area contributed by atoms with Crippen LogP contribution in [0.1, 0.15) is 39.2 Å². The van der Waals surface area contributed by atoms with Crippen LogP contribution in [0.2, 0.25) is 0 Å². The van der Waals surface area contributed by atoms with E-state index in [4.69, 9.17) is 9.47 Å². The highest BCUT2D eigenvalue weighted by Crippen LogP contribution is 2.26. The van der Waals surface area contributed by atoms with Crippen LogP contribution >= 0.6 is 0 Å². The molecule has 0 saturated carbocycles. The number of piperidine rings is 1. The summed E-state index contributed by atoms with van der Waals surface area (Å²) in [5.41, 5.74) is 2.02. The molecule has 1 amide bonds. The highest BCUT2D eigenvalue weighted by Gasteiger charge is 2.29. The molecular formula is C24H28FN3O3. The number of hydrogen-bond donors (Lipinski definition) is 0. The third-order valence-corrected chi connectivity index (χ3v) is 5.15. The lowest BCUT2D eigenvalue weighted by Crippen LogP contribution is -2.46. The van der Waals surface area contributed by atoms with Crippen LogP contribution in [-0.4, -0.2) is 45.3 Å². The van der Waals surface area contributed by atoms with Crippen LogP contribution in [0.5, 0.6) is 6.01 Å². The second kappa shape index (κ2) is 8.57. The Hall–Kier alpha value is -3.09. The van der Waals surface area contributed by atoms with Gasteiger partial charge in [0, 0.05) is 6.54 Å². The number of halogens is 1. The van der Waals surface area contributed by atoms with Gasteiger partial charge in [0.25, 0.3) is 6.01 Å². The van der Waals surface area contributed by atoms with E-state index in [1.165, 1.54) is 12.1 Å². The number of likely N-dealkylation sites (tertiary alicyclic amines) is 1. The third kappa shape index (κ3) is 5.16. The van der Waals surface area contributed by atoms with Gasteiger partial charge in [0.15, 0.2) is 0 Å². The number of imidazole rings is 1. The van der Waals surface area contributed by atoms with Crippen molar-refractivity contribution in [2.75, 3.05) is 13.1 Å². The van der Waals surface area contributed by atoms with Crippen molar-refractivity contribution in [1.29, 1.82) is 0 Å². The minimum Gasteiger partial charge on any atom is -0.459 e. The molecule has 1 atom stereocenters. The molecule has 0 unspecified atom stereocenters. The first-order chi connectivity index (χ1) is 14.8. The first-order valence-electron chi connectivity index (χ1n) is 10.6. The molecule has 1 aliphatic heterocycles. The first-order valence-corrected chi connectivity index (χ1v) is 10.6. The Morgan fingerprint density at radius 2 is 2.00 bits per heavy atom. The first kappa shape index (κ1) is 21.2. The lowest BCUT2D eigenvalue weighted by atomic mass is 10.1. The Bertz CT molecular complexity index is 1070. The second-order valence-corrected chi connectivity index (χ2v) is 8.91. The lowest BCUT2D eigenvalue weighted by molar-refractivity contribution is 0.00626. The average molecular weight is 426 g/mol. The molecule has 0 spiro atoms. The molecule has 0 radical (unpaired) electrons. The van der Waals surface area contributed by atoms with Crippen LogP contribution in [0.3, 0.4) is 0 Å². The zero-order valence-corrected chi connectivity index (χ0v) is 18.2. The number of nitrogens with zero attached hydrogens (tertiary/aromatic N) is 3. The Morgan fingerprint density at radius 3 is 2.77 bits per heavy atom. The molecule has 7 heteroatoms. The zero-order chi connectivity index (χ0) is 22.0. The van der Waals surface area contributed by atoms with Gasteiger partial charge in [-0.25, -0.2) is 9.18 Å². The maximum Gasteiger partial charge on any atom is 0.410 e. The number of carbonyl (C=O) groups is 1. The fourth-order valence-corrected chi connectivity index (χ4v) is 3.79. The van der Waals surface area contributed by atoms with Crippen molar-refractivity contribution in [2.45, 2.75) is 51.9 Å². The standard InChI is InChI=1S/C24H28FN3O3/c1-24(2,3)31-23(29)27-13-7-10-19(16-27)30-22-26-20-11-4-5-12-21(20)28(22)15-17-8-6-9-18(25)14-17/h4-6,8-9,11-12,14,19H,7,10,13,15-16H2,1-3H3/t19-/m0/s1. The van der Waals surface area contributed by atoms with Crippen molar-refractivity contribution >= 4 is 17.1 Å². The van der Waals surface area contributed by atoms with Gasteiger partial charge in [0.2, 0.25) is 0 Å². The van der Waals surface area contributed by atoms with E-state index < -0.39 is 5.60 Å². The van der Waals surface area contributed by atoms with Gasteiger partial charge in [-0.2, -0.15) is 4.98 Å². The second-order valence-electron chi connectivity index (χ2n) is 8.91. The normalized spacial score (nSPS) is 17.0. The van der Waals surface area contributed by atoms with Crippen LogP contribution in [0.25, 0.3) is 11.0 Å². The number of fused-ring (bicyclic) bond motifs is 1. The summed E-state index contributed by atoms with van der Waals surface area (Å²) in [6, 6.07) is 14.8. The number of amides is 1. The van der Waals surface area contributed by atoms with Crippen molar-refractivity contribution in [1.82, 2.24) is 14.5 Å². The van der Waals surface area contributed by atoms with Crippen molar-refractivity contribution in [3.8, 4) is 6.01 Å². The summed E-state index contributed by atoms with van der Waals surface area (Å²) in [4.78, 5) is 18.8. The minimum atomic E-state index is -0.538. The summed E-state index contributed by atoms with van der Waals surface area (Å²) in [7, 11) is 0. The number of para-hydroxylation sites is 2. The maximum absolute atomic E-state index is 13.7. The van der Waals surface area contributed by atoms with Crippen LogP contribution in [-0.2, 0) is 11.3 Å². The van der Waals surface area contributed by atoms with Gasteiger partial charge in [-0.15, -0.1) is 0 Å². The molecule has 2 aromatic carbocycles. The van der Waals surface area contributed by atoms with Gasteiger partial charge in [0.1, 0.15) is 17.5 Å². The molecule has 0 aliphatic carbocycles. The van der Waals surface area contributed by atoms with Crippen molar-refractivity contribution in [2.24, 2.45) is 0 Å². The summed E-state index contributed by atoms with van der Waals surface area (Å²) < 4.78 is 27.5. The molecule has 0 bridgehead atoms. The monoisotopic (exact) mass is 425 g/mol. The SMILES string of the molecule is CC(C)(C)OC(=O)N1CCC[C@H](Oc2nc3ccccc3n2Cc2cccc(F)c2)C1. The molecule has 1 saturated heterocycles. The number of rotatable bonds is 4. The predicted octanol–water partition coefficient (Wildman–Crippen LogP) is 5.00. The molecule has 3 aromatic rings. The zero-order valence-electron chi connectivity index (χ0n) is 18.2. The molecular weight excluding hydrogens is 397 g/mol. The maximum atomic E-state index is 13.7. The summed E-state index contributed by atoms with van der Waals surface area (Å²) in [5.74, 6) is -0.273. The molecule has 4 rings (SSSR count). The van der Waals surface area contributed by atoms with E-state index in [2.05, 4.69) is 4.98 Å². The average Bonchev–Trinajstić information content (AvgIpc) is 3.04. The largest absolute Gasteiger partial charge is 0.459 e. The lowest BCUT2D eigenvalue weighted by Gasteiger charge is -2.34. The molecule has 1 aromatic heterocycles. The van der Waals surface area contributed by atoms with Crippen LogP contribution in [0.4, 0.5) is 9.18 Å². The summed E-state index contributed by atoms with van der Waals surface area (Å²) in [5, 5.41) is 0. The van der Waals surface area contributed by atoms with Gasteiger partial charge in [-0.05, 0) is 63.4 Å². The predicted molar refractivity (Wildman–Crippen MR) is 117 cm³/mol. The number of ether oxygens (including phenoxy) is 2. The van der Waals surface area contributed by atoms with Gasteiger partial charge in [-0.3, -0.25) is 4.57 Å². The quantitative estimate of drug-likeness (QED) is 0.590. The van der Waals surface area contributed by atoms with Gasteiger partial charge in [0.05, 0.1) is 24.1 Å². The van der Waals surface area contributed by atoms with Crippen molar-refractivity contribution < 1.29 is 18.7 Å². The summed E-state index contributed by atoms with van der Waals surface area (Å²) in [6.45, 7) is 7.11. The Kier molecular flexibility index (Phi) is 5.85. The van der Waals surface area contributed by atoms with Crippen LogP contribution in [0.15, 0.2) is 48.5 Å². The Labute approximate surface area is 181 Å². The molecule has 164 valence electrons. The molecule has 1 fully saturated rings.